The molecule has 1 N–H and O–H groups in total. The van der Waals surface area contributed by atoms with Crippen LogP contribution in [-0.2, 0) is 16.0 Å². The predicted molar refractivity (Wildman–Crippen MR) is 86.6 cm³/mol. The highest BCUT2D eigenvalue weighted by Crippen LogP contribution is 2.23. The largest absolute Gasteiger partial charge is 0.465 e. The van der Waals surface area contributed by atoms with Crippen LogP contribution in [-0.4, -0.2) is 19.0 Å². The summed E-state index contributed by atoms with van der Waals surface area (Å²) in [5.41, 5.74) is 1.24. The van der Waals surface area contributed by atoms with Gasteiger partial charge in [-0.25, -0.2) is 4.79 Å². The van der Waals surface area contributed by atoms with Gasteiger partial charge in [0, 0.05) is 10.0 Å². The molecule has 2 rings (SSSR count). The summed E-state index contributed by atoms with van der Waals surface area (Å²) in [5.74, 6) is -0.856. The number of ether oxygens (including phenoxy) is 1. The lowest BCUT2D eigenvalue weighted by Gasteiger charge is -2.11. The van der Waals surface area contributed by atoms with Crippen molar-refractivity contribution in [3.63, 3.8) is 0 Å². The maximum absolute atomic E-state index is 12.1. The van der Waals surface area contributed by atoms with E-state index in [1.54, 1.807) is 30.3 Å². The fraction of sp³-hybridized carbons (Fsp3) is 0.125. The molecule has 22 heavy (non-hydrogen) atoms. The Morgan fingerprint density at radius 2 is 1.86 bits per heavy atom. The van der Waals surface area contributed by atoms with E-state index in [-0.39, 0.29) is 17.9 Å². The summed E-state index contributed by atoms with van der Waals surface area (Å²) in [6.45, 7) is 0. The fourth-order valence-electron chi connectivity index (χ4n) is 1.92. The van der Waals surface area contributed by atoms with Crippen LogP contribution < -0.4 is 5.32 Å². The van der Waals surface area contributed by atoms with E-state index < -0.39 is 5.97 Å². The Kier molecular flexibility index (Phi) is 5.41. The number of carbonyl (C=O) groups is 2. The van der Waals surface area contributed by atoms with Gasteiger partial charge in [-0.1, -0.05) is 41.4 Å². The number of esters is 1. The summed E-state index contributed by atoms with van der Waals surface area (Å²) in [7, 11) is 1.27. The van der Waals surface area contributed by atoms with E-state index in [1.165, 1.54) is 19.2 Å². The fourth-order valence-corrected chi connectivity index (χ4v) is 2.29. The molecule has 0 aliphatic rings. The molecule has 4 nitrogen and oxygen atoms in total. The number of anilines is 1. The molecule has 0 fully saturated rings. The molecule has 0 heterocycles. The highest BCUT2D eigenvalue weighted by Gasteiger charge is 2.15. The lowest BCUT2D eigenvalue weighted by Crippen LogP contribution is -2.17. The van der Waals surface area contributed by atoms with Gasteiger partial charge >= 0.3 is 5.97 Å². The van der Waals surface area contributed by atoms with Crippen LogP contribution in [0.15, 0.2) is 42.5 Å². The van der Waals surface area contributed by atoms with Gasteiger partial charge in [0.2, 0.25) is 5.91 Å². The molecule has 0 bridgehead atoms. The van der Waals surface area contributed by atoms with Crippen molar-refractivity contribution in [2.24, 2.45) is 0 Å². The first-order valence-corrected chi connectivity index (χ1v) is 7.18. The SMILES string of the molecule is COC(=O)c1ccc(Cl)cc1NC(=O)Cc1ccccc1Cl. The Bertz CT molecular complexity index is 716. The first-order valence-electron chi connectivity index (χ1n) is 6.42. The minimum Gasteiger partial charge on any atom is -0.465 e. The number of benzene rings is 2. The van der Waals surface area contributed by atoms with Gasteiger partial charge in [-0.3, -0.25) is 4.79 Å². The van der Waals surface area contributed by atoms with E-state index in [4.69, 9.17) is 23.2 Å². The molecule has 0 aliphatic carbocycles. The molecule has 0 atom stereocenters. The van der Waals surface area contributed by atoms with Crippen molar-refractivity contribution in [3.05, 3.63) is 63.6 Å². The van der Waals surface area contributed by atoms with Crippen LogP contribution in [0.2, 0.25) is 10.0 Å². The van der Waals surface area contributed by atoms with Gasteiger partial charge in [-0.05, 0) is 29.8 Å². The molecule has 1 amide bonds. The number of hydrogen-bond acceptors (Lipinski definition) is 3. The normalized spacial score (nSPS) is 10.1. The van der Waals surface area contributed by atoms with Crippen LogP contribution in [0, 0.1) is 0 Å². The number of halogens is 2. The summed E-state index contributed by atoms with van der Waals surface area (Å²) in [4.78, 5) is 23.8. The van der Waals surface area contributed by atoms with E-state index in [0.717, 1.165) is 0 Å². The van der Waals surface area contributed by atoms with Crippen LogP contribution >= 0.6 is 23.2 Å². The molecule has 2 aromatic carbocycles. The third-order valence-electron chi connectivity index (χ3n) is 2.97. The molecule has 0 saturated carbocycles. The number of rotatable bonds is 4. The van der Waals surface area contributed by atoms with Crippen molar-refractivity contribution < 1.29 is 14.3 Å². The van der Waals surface area contributed by atoms with Gasteiger partial charge < -0.3 is 10.1 Å². The maximum atomic E-state index is 12.1. The summed E-state index contributed by atoms with van der Waals surface area (Å²) in [5, 5.41) is 3.57. The van der Waals surface area contributed by atoms with Gasteiger partial charge in [-0.15, -0.1) is 0 Å². The molecule has 0 unspecified atom stereocenters. The van der Waals surface area contributed by atoms with Crippen molar-refractivity contribution >= 4 is 40.8 Å². The maximum Gasteiger partial charge on any atom is 0.339 e. The van der Waals surface area contributed by atoms with Crippen LogP contribution in [0.25, 0.3) is 0 Å². The molecule has 114 valence electrons. The summed E-state index contributed by atoms with van der Waals surface area (Å²) in [6, 6.07) is 11.6. The Morgan fingerprint density at radius 3 is 2.55 bits per heavy atom. The quantitative estimate of drug-likeness (QED) is 0.859. The van der Waals surface area contributed by atoms with Crippen LogP contribution in [0.1, 0.15) is 15.9 Å². The van der Waals surface area contributed by atoms with E-state index in [0.29, 0.717) is 21.3 Å². The van der Waals surface area contributed by atoms with Crippen molar-refractivity contribution in [2.75, 3.05) is 12.4 Å². The lowest BCUT2D eigenvalue weighted by atomic mass is 10.1. The summed E-state index contributed by atoms with van der Waals surface area (Å²) < 4.78 is 4.68. The molecular formula is C16H13Cl2NO3. The smallest absolute Gasteiger partial charge is 0.339 e. The third kappa shape index (κ3) is 4.00. The van der Waals surface area contributed by atoms with Gasteiger partial charge in [0.05, 0.1) is 24.8 Å². The predicted octanol–water partition coefficient (Wildman–Crippen LogP) is 3.96. The van der Waals surface area contributed by atoms with Gasteiger partial charge in [-0.2, -0.15) is 0 Å². The molecular weight excluding hydrogens is 325 g/mol. The molecule has 0 aliphatic heterocycles. The van der Waals surface area contributed by atoms with Crippen molar-refractivity contribution in [1.82, 2.24) is 0 Å². The number of carbonyl (C=O) groups excluding carboxylic acids is 2. The third-order valence-corrected chi connectivity index (χ3v) is 3.57. The molecule has 0 saturated heterocycles. The summed E-state index contributed by atoms with van der Waals surface area (Å²) >= 11 is 11.9. The first-order chi connectivity index (χ1) is 10.5. The summed E-state index contributed by atoms with van der Waals surface area (Å²) in [6.07, 6.45) is 0.0901. The minimum absolute atomic E-state index is 0.0901. The molecule has 0 radical (unpaired) electrons. The van der Waals surface area contributed by atoms with Gasteiger partial charge in [0.25, 0.3) is 0 Å². The van der Waals surface area contributed by atoms with Gasteiger partial charge in [0.15, 0.2) is 0 Å². The second-order valence-corrected chi connectivity index (χ2v) is 5.34. The zero-order chi connectivity index (χ0) is 16.1. The highest BCUT2D eigenvalue weighted by atomic mass is 35.5. The van der Waals surface area contributed by atoms with Crippen molar-refractivity contribution in [3.8, 4) is 0 Å². The second kappa shape index (κ2) is 7.29. The highest BCUT2D eigenvalue weighted by molar-refractivity contribution is 6.32. The molecule has 0 spiro atoms. The molecule has 6 heteroatoms. The Morgan fingerprint density at radius 1 is 1.14 bits per heavy atom. The van der Waals surface area contributed by atoms with E-state index in [9.17, 15) is 9.59 Å². The average molecular weight is 338 g/mol. The topological polar surface area (TPSA) is 55.4 Å². The number of amides is 1. The number of nitrogens with one attached hydrogen (secondary N) is 1. The Balaban J connectivity index is 2.19. The van der Waals surface area contributed by atoms with E-state index in [1.807, 2.05) is 0 Å². The second-order valence-electron chi connectivity index (χ2n) is 4.50. The molecule has 0 aromatic heterocycles. The Labute approximate surface area is 138 Å². The van der Waals surface area contributed by atoms with E-state index in [2.05, 4.69) is 10.1 Å². The monoisotopic (exact) mass is 337 g/mol. The van der Waals surface area contributed by atoms with E-state index >= 15 is 0 Å². The van der Waals surface area contributed by atoms with Crippen LogP contribution in [0.5, 0.6) is 0 Å². The minimum atomic E-state index is -0.551. The van der Waals surface area contributed by atoms with Crippen LogP contribution in [0.4, 0.5) is 5.69 Å². The zero-order valence-corrected chi connectivity index (χ0v) is 13.2. The number of methoxy groups -OCH3 is 1. The van der Waals surface area contributed by atoms with Crippen molar-refractivity contribution in [2.45, 2.75) is 6.42 Å². The average Bonchev–Trinajstić information content (AvgIpc) is 2.49. The Hall–Kier alpha value is -2.04. The van der Waals surface area contributed by atoms with Crippen molar-refractivity contribution in [1.29, 1.82) is 0 Å². The standard InChI is InChI=1S/C16H13Cl2NO3/c1-22-16(21)12-7-6-11(17)9-14(12)19-15(20)8-10-4-2-3-5-13(10)18/h2-7,9H,8H2,1H3,(H,19,20). The molecule has 2 aromatic rings. The van der Waals surface area contributed by atoms with Gasteiger partial charge in [0.1, 0.15) is 0 Å². The number of hydrogen-bond donors (Lipinski definition) is 1. The zero-order valence-electron chi connectivity index (χ0n) is 11.7. The van der Waals surface area contributed by atoms with Crippen LogP contribution in [0.3, 0.4) is 0 Å². The first kappa shape index (κ1) is 16.3. The lowest BCUT2D eigenvalue weighted by molar-refractivity contribution is -0.115.